The molecule has 2 N–H and O–H groups in total. The van der Waals surface area contributed by atoms with Crippen LogP contribution >= 0.6 is 0 Å². The Bertz CT molecular complexity index is 419. The molecule has 0 aliphatic carbocycles. The van der Waals surface area contributed by atoms with Crippen LogP contribution in [0.5, 0.6) is 0 Å². The monoisotopic (exact) mass is 262 g/mol. The van der Waals surface area contributed by atoms with Crippen LogP contribution in [0, 0.1) is 13.8 Å². The van der Waals surface area contributed by atoms with Gasteiger partial charge in [0.15, 0.2) is 0 Å². The van der Waals surface area contributed by atoms with Crippen LogP contribution < -0.4 is 5.73 Å². The summed E-state index contributed by atoms with van der Waals surface area (Å²) in [6.45, 7) is 7.18. The van der Waals surface area contributed by atoms with Crippen LogP contribution in [0.25, 0.3) is 0 Å². The largest absolute Gasteiger partial charge is 0.383 e. The number of nitrogens with zero attached hydrogens (tertiary/aromatic N) is 1. The Hall–Kier alpha value is -0.900. The van der Waals surface area contributed by atoms with E-state index < -0.39 is 0 Å². The number of hydrogen-bond acceptors (Lipinski definition) is 3. The van der Waals surface area contributed by atoms with E-state index in [1.807, 2.05) is 0 Å². The van der Waals surface area contributed by atoms with Crippen LogP contribution in [-0.2, 0) is 4.74 Å². The van der Waals surface area contributed by atoms with E-state index in [1.165, 1.54) is 23.1 Å². The summed E-state index contributed by atoms with van der Waals surface area (Å²) in [7, 11) is 1.76. The van der Waals surface area contributed by atoms with Crippen LogP contribution in [0.1, 0.15) is 35.6 Å². The Labute approximate surface area is 116 Å². The highest BCUT2D eigenvalue weighted by Gasteiger charge is 2.30. The third-order valence-electron chi connectivity index (χ3n) is 4.11. The normalized spacial score (nSPS) is 24.6. The van der Waals surface area contributed by atoms with E-state index >= 15 is 0 Å². The third kappa shape index (κ3) is 3.35. The summed E-state index contributed by atoms with van der Waals surface area (Å²) >= 11 is 0. The summed E-state index contributed by atoms with van der Waals surface area (Å²) in [6.07, 6.45) is 2.30. The molecule has 1 fully saturated rings. The van der Waals surface area contributed by atoms with Gasteiger partial charge in [0.25, 0.3) is 0 Å². The van der Waals surface area contributed by atoms with Gasteiger partial charge in [-0.15, -0.1) is 0 Å². The zero-order valence-electron chi connectivity index (χ0n) is 12.4. The van der Waals surface area contributed by atoms with Crippen molar-refractivity contribution >= 4 is 0 Å². The Morgan fingerprint density at radius 2 is 2.16 bits per heavy atom. The second-order valence-corrected chi connectivity index (χ2v) is 5.64. The fourth-order valence-electron chi connectivity index (χ4n) is 3.14. The lowest BCUT2D eigenvalue weighted by molar-refractivity contribution is 0.0845. The number of likely N-dealkylation sites (tertiary alicyclic amines) is 1. The van der Waals surface area contributed by atoms with Crippen molar-refractivity contribution in [1.82, 2.24) is 4.90 Å². The van der Waals surface area contributed by atoms with Crippen molar-refractivity contribution in [2.45, 2.75) is 38.8 Å². The highest BCUT2D eigenvalue weighted by molar-refractivity contribution is 5.34. The molecule has 2 unspecified atom stereocenters. The van der Waals surface area contributed by atoms with E-state index in [4.69, 9.17) is 10.5 Å². The summed E-state index contributed by atoms with van der Waals surface area (Å²) in [6, 6.07) is 7.26. The standard InChI is InChI=1S/C16H26N2O/c1-12-6-7-14(13(2)11-12)16-15(17)5-4-8-18(16)9-10-19-3/h6-7,11,15-16H,4-5,8-10,17H2,1-3H3. The van der Waals surface area contributed by atoms with Gasteiger partial charge in [-0.25, -0.2) is 0 Å². The molecule has 1 aromatic rings. The first-order chi connectivity index (χ1) is 9.13. The summed E-state index contributed by atoms with van der Waals surface area (Å²) < 4.78 is 5.23. The molecule has 0 aromatic heterocycles. The number of aryl methyl sites for hydroxylation is 2. The number of hydrogen-bond donors (Lipinski definition) is 1. The van der Waals surface area contributed by atoms with Crippen molar-refractivity contribution in [2.75, 3.05) is 26.8 Å². The van der Waals surface area contributed by atoms with Gasteiger partial charge in [-0.3, -0.25) is 4.90 Å². The van der Waals surface area contributed by atoms with Gasteiger partial charge in [-0.1, -0.05) is 23.8 Å². The maximum Gasteiger partial charge on any atom is 0.0589 e. The second kappa shape index (κ2) is 6.51. The number of rotatable bonds is 4. The van der Waals surface area contributed by atoms with Gasteiger partial charge >= 0.3 is 0 Å². The van der Waals surface area contributed by atoms with E-state index in [9.17, 15) is 0 Å². The SMILES string of the molecule is COCCN1CCCC(N)C1c1ccc(C)cc1C. The van der Waals surface area contributed by atoms with Crippen LogP contribution in [0.4, 0.5) is 0 Å². The number of methoxy groups -OCH3 is 1. The lowest BCUT2D eigenvalue weighted by Crippen LogP contribution is -2.47. The quantitative estimate of drug-likeness (QED) is 0.905. The zero-order chi connectivity index (χ0) is 13.8. The fourth-order valence-corrected chi connectivity index (χ4v) is 3.14. The molecule has 0 saturated carbocycles. The van der Waals surface area contributed by atoms with Crippen LogP contribution in [-0.4, -0.2) is 37.7 Å². The molecule has 2 rings (SSSR count). The molecule has 1 aliphatic rings. The molecule has 1 aliphatic heterocycles. The maximum absolute atomic E-state index is 6.40. The smallest absolute Gasteiger partial charge is 0.0589 e. The summed E-state index contributed by atoms with van der Waals surface area (Å²) in [4.78, 5) is 2.48. The molecule has 1 aromatic carbocycles. The molecule has 2 atom stereocenters. The lowest BCUT2D eigenvalue weighted by atomic mass is 9.88. The van der Waals surface area contributed by atoms with E-state index in [0.717, 1.165) is 26.1 Å². The van der Waals surface area contributed by atoms with Crippen molar-refractivity contribution in [3.05, 3.63) is 34.9 Å². The van der Waals surface area contributed by atoms with Gasteiger partial charge < -0.3 is 10.5 Å². The maximum atomic E-state index is 6.40. The molecular weight excluding hydrogens is 236 g/mol. The van der Waals surface area contributed by atoms with Crippen molar-refractivity contribution in [3.63, 3.8) is 0 Å². The predicted octanol–water partition coefficient (Wildman–Crippen LogP) is 2.41. The lowest BCUT2D eigenvalue weighted by Gasteiger charge is -2.40. The molecular formula is C16H26N2O. The Morgan fingerprint density at radius 3 is 2.84 bits per heavy atom. The van der Waals surface area contributed by atoms with Gasteiger partial charge in [0.2, 0.25) is 0 Å². The first-order valence-electron chi connectivity index (χ1n) is 7.19. The van der Waals surface area contributed by atoms with Gasteiger partial charge in [0, 0.05) is 19.7 Å². The first-order valence-corrected chi connectivity index (χ1v) is 7.19. The van der Waals surface area contributed by atoms with Crippen molar-refractivity contribution in [3.8, 4) is 0 Å². The highest BCUT2D eigenvalue weighted by Crippen LogP contribution is 2.32. The number of piperidine rings is 1. The third-order valence-corrected chi connectivity index (χ3v) is 4.11. The average Bonchev–Trinajstić information content (AvgIpc) is 2.37. The van der Waals surface area contributed by atoms with Crippen LogP contribution in [0.3, 0.4) is 0 Å². The second-order valence-electron chi connectivity index (χ2n) is 5.64. The topological polar surface area (TPSA) is 38.5 Å². The Balaban J connectivity index is 2.25. The molecule has 0 spiro atoms. The first kappa shape index (κ1) is 14.5. The molecule has 0 bridgehead atoms. The van der Waals surface area contributed by atoms with Crippen molar-refractivity contribution in [1.29, 1.82) is 0 Å². The number of nitrogens with two attached hydrogens (primary N) is 1. The molecule has 0 radical (unpaired) electrons. The molecule has 3 heteroatoms. The fraction of sp³-hybridized carbons (Fsp3) is 0.625. The number of benzene rings is 1. The molecule has 1 saturated heterocycles. The predicted molar refractivity (Wildman–Crippen MR) is 79.3 cm³/mol. The Morgan fingerprint density at radius 1 is 1.37 bits per heavy atom. The highest BCUT2D eigenvalue weighted by atomic mass is 16.5. The van der Waals surface area contributed by atoms with Crippen LogP contribution in [0.15, 0.2) is 18.2 Å². The van der Waals surface area contributed by atoms with E-state index in [0.29, 0.717) is 6.04 Å². The summed E-state index contributed by atoms with van der Waals surface area (Å²) in [5.41, 5.74) is 10.4. The van der Waals surface area contributed by atoms with Crippen molar-refractivity contribution in [2.24, 2.45) is 5.73 Å². The minimum Gasteiger partial charge on any atom is -0.383 e. The molecule has 1 heterocycles. The van der Waals surface area contributed by atoms with Gasteiger partial charge in [0.05, 0.1) is 12.6 Å². The van der Waals surface area contributed by atoms with Gasteiger partial charge in [-0.2, -0.15) is 0 Å². The van der Waals surface area contributed by atoms with Crippen LogP contribution in [0.2, 0.25) is 0 Å². The van der Waals surface area contributed by atoms with E-state index in [2.05, 4.69) is 36.9 Å². The molecule has 0 amide bonds. The molecule has 3 nitrogen and oxygen atoms in total. The number of ether oxygens (including phenoxy) is 1. The van der Waals surface area contributed by atoms with E-state index in [-0.39, 0.29) is 6.04 Å². The average molecular weight is 262 g/mol. The van der Waals surface area contributed by atoms with E-state index in [1.54, 1.807) is 7.11 Å². The molecule has 106 valence electrons. The van der Waals surface area contributed by atoms with Crippen molar-refractivity contribution < 1.29 is 4.74 Å². The molecule has 19 heavy (non-hydrogen) atoms. The minimum atomic E-state index is 0.229. The summed E-state index contributed by atoms with van der Waals surface area (Å²) in [5, 5.41) is 0. The Kier molecular flexibility index (Phi) is 4.97. The minimum absolute atomic E-state index is 0.229. The van der Waals surface area contributed by atoms with Gasteiger partial charge in [-0.05, 0) is 44.4 Å². The van der Waals surface area contributed by atoms with Gasteiger partial charge in [0.1, 0.15) is 0 Å². The summed E-state index contributed by atoms with van der Waals surface area (Å²) in [5.74, 6) is 0. The zero-order valence-corrected chi connectivity index (χ0v) is 12.4.